The first-order chi connectivity index (χ1) is 7.83. The van der Waals surface area contributed by atoms with E-state index >= 15 is 0 Å². The van der Waals surface area contributed by atoms with Crippen molar-refractivity contribution in [3.63, 3.8) is 0 Å². The quantitative estimate of drug-likeness (QED) is 0.719. The summed E-state index contributed by atoms with van der Waals surface area (Å²) in [5.74, 6) is -0.363. The molecule has 0 aromatic carbocycles. The molecule has 0 aliphatic carbocycles. The molecule has 0 aromatic rings. The molecule has 0 saturated carbocycles. The Labute approximate surface area is 113 Å². The van der Waals surface area contributed by atoms with Crippen molar-refractivity contribution in [2.45, 2.75) is 32.4 Å². The molecule has 6 nitrogen and oxygen atoms in total. The number of carbonyl (C=O) groups excluding carboxylic acids is 2. The Morgan fingerprint density at radius 2 is 1.94 bits per heavy atom. The number of amides is 1. The first-order valence-electron chi connectivity index (χ1n) is 5.62. The van der Waals surface area contributed by atoms with E-state index in [4.69, 9.17) is 4.74 Å². The van der Waals surface area contributed by atoms with Gasteiger partial charge in [-0.05, 0) is 20.8 Å². The summed E-state index contributed by atoms with van der Waals surface area (Å²) in [7, 11) is 1.33. The summed E-state index contributed by atoms with van der Waals surface area (Å²) in [4.78, 5) is 24.7. The molecule has 7 heteroatoms. The molecule has 1 rings (SSSR count). The highest BCUT2D eigenvalue weighted by atomic mass is 35.5. The van der Waals surface area contributed by atoms with Gasteiger partial charge in [-0.25, -0.2) is 4.79 Å². The molecule has 1 atom stereocenters. The zero-order valence-corrected chi connectivity index (χ0v) is 12.0. The van der Waals surface area contributed by atoms with E-state index in [0.717, 1.165) is 0 Å². The summed E-state index contributed by atoms with van der Waals surface area (Å²) in [6, 6.07) is -0.471. The molecule has 0 aromatic heterocycles. The molecule has 1 N–H and O–H groups in total. The third-order valence-electron chi connectivity index (χ3n) is 2.31. The summed E-state index contributed by atoms with van der Waals surface area (Å²) >= 11 is 0. The van der Waals surface area contributed by atoms with Crippen molar-refractivity contribution in [2.24, 2.45) is 0 Å². The van der Waals surface area contributed by atoms with Crippen LogP contribution in [0.25, 0.3) is 0 Å². The van der Waals surface area contributed by atoms with Gasteiger partial charge >= 0.3 is 12.1 Å². The van der Waals surface area contributed by atoms with E-state index in [2.05, 4.69) is 10.1 Å². The van der Waals surface area contributed by atoms with Crippen LogP contribution in [0.5, 0.6) is 0 Å². The fourth-order valence-corrected chi connectivity index (χ4v) is 1.54. The lowest BCUT2D eigenvalue weighted by Crippen LogP contribution is -2.56. The average molecular weight is 281 g/mol. The van der Waals surface area contributed by atoms with E-state index in [-0.39, 0.29) is 24.9 Å². The molecule has 1 aliphatic rings. The van der Waals surface area contributed by atoms with Gasteiger partial charge in [-0.1, -0.05) is 0 Å². The Kier molecular flexibility index (Phi) is 6.42. The second-order valence-electron chi connectivity index (χ2n) is 4.96. The standard InChI is InChI=1S/C11H20N2O4.ClH/c1-11(2,3)17-10(15)13-6-5-12-8(7-13)9(14)16-4;/h8,12H,5-7H2,1-4H3;1H/t8-;/m1./s1. The third kappa shape index (κ3) is 5.10. The molecule has 1 amide bonds. The second kappa shape index (κ2) is 6.80. The van der Waals surface area contributed by atoms with Crippen LogP contribution in [0.1, 0.15) is 20.8 Å². The van der Waals surface area contributed by atoms with Gasteiger partial charge in [0.05, 0.1) is 13.7 Å². The highest BCUT2D eigenvalue weighted by molar-refractivity contribution is 5.85. The molecule has 0 radical (unpaired) electrons. The fourth-order valence-electron chi connectivity index (χ4n) is 1.54. The smallest absolute Gasteiger partial charge is 0.410 e. The number of ether oxygens (including phenoxy) is 2. The van der Waals surface area contributed by atoms with E-state index in [9.17, 15) is 9.59 Å². The van der Waals surface area contributed by atoms with Gasteiger partial charge in [0.1, 0.15) is 11.6 Å². The van der Waals surface area contributed by atoms with E-state index in [1.807, 2.05) is 20.8 Å². The minimum atomic E-state index is -0.525. The van der Waals surface area contributed by atoms with Gasteiger partial charge in [0.15, 0.2) is 0 Å². The lowest BCUT2D eigenvalue weighted by molar-refractivity contribution is -0.144. The molecule has 0 spiro atoms. The molecule has 106 valence electrons. The second-order valence-corrected chi connectivity index (χ2v) is 4.96. The Bertz CT molecular complexity index is 304. The van der Waals surface area contributed by atoms with Crippen molar-refractivity contribution in [2.75, 3.05) is 26.7 Å². The first kappa shape index (κ1) is 17.0. The summed E-state index contributed by atoms with van der Waals surface area (Å²) in [5, 5.41) is 2.99. The Hall–Kier alpha value is -1.01. The molecule has 18 heavy (non-hydrogen) atoms. The van der Waals surface area contributed by atoms with E-state index in [1.165, 1.54) is 12.0 Å². The van der Waals surface area contributed by atoms with Gasteiger partial charge in [0, 0.05) is 13.1 Å². The Morgan fingerprint density at radius 3 is 2.44 bits per heavy atom. The largest absolute Gasteiger partial charge is 0.468 e. The topological polar surface area (TPSA) is 67.9 Å². The van der Waals surface area contributed by atoms with Crippen LogP contribution >= 0.6 is 12.4 Å². The Morgan fingerprint density at radius 1 is 1.33 bits per heavy atom. The maximum atomic E-state index is 11.8. The number of esters is 1. The SMILES string of the molecule is COC(=O)[C@H]1CN(C(=O)OC(C)(C)C)CCN1.Cl. The van der Waals surface area contributed by atoms with Crippen LogP contribution in [0.3, 0.4) is 0 Å². The van der Waals surface area contributed by atoms with Crippen molar-refractivity contribution < 1.29 is 19.1 Å². The average Bonchev–Trinajstić information content (AvgIpc) is 2.26. The minimum Gasteiger partial charge on any atom is -0.468 e. The van der Waals surface area contributed by atoms with Crippen LogP contribution in [0.4, 0.5) is 4.79 Å². The van der Waals surface area contributed by atoms with Gasteiger partial charge in [-0.3, -0.25) is 4.79 Å². The number of carbonyl (C=O) groups is 2. The van der Waals surface area contributed by atoms with Crippen molar-refractivity contribution >= 4 is 24.5 Å². The van der Waals surface area contributed by atoms with Gasteiger partial charge in [0.2, 0.25) is 0 Å². The predicted molar refractivity (Wildman–Crippen MR) is 68.9 cm³/mol. The number of halogens is 1. The molecule has 1 aliphatic heterocycles. The van der Waals surface area contributed by atoms with Gasteiger partial charge in [0.25, 0.3) is 0 Å². The van der Waals surface area contributed by atoms with Crippen LogP contribution in [-0.4, -0.2) is 55.3 Å². The Balaban J connectivity index is 0.00000289. The number of hydrogen-bond donors (Lipinski definition) is 1. The minimum absolute atomic E-state index is 0. The maximum Gasteiger partial charge on any atom is 0.410 e. The highest BCUT2D eigenvalue weighted by Crippen LogP contribution is 2.11. The van der Waals surface area contributed by atoms with Crippen LogP contribution in [0.2, 0.25) is 0 Å². The fraction of sp³-hybridized carbons (Fsp3) is 0.818. The van der Waals surface area contributed by atoms with E-state index in [1.54, 1.807) is 0 Å². The molecular weight excluding hydrogens is 260 g/mol. The number of hydrogen-bond acceptors (Lipinski definition) is 5. The highest BCUT2D eigenvalue weighted by Gasteiger charge is 2.31. The van der Waals surface area contributed by atoms with Crippen molar-refractivity contribution in [1.82, 2.24) is 10.2 Å². The van der Waals surface area contributed by atoms with E-state index in [0.29, 0.717) is 13.1 Å². The van der Waals surface area contributed by atoms with Crippen molar-refractivity contribution in [3.8, 4) is 0 Å². The summed E-state index contributed by atoms with van der Waals surface area (Å²) in [6.07, 6.45) is -0.395. The zero-order chi connectivity index (χ0) is 13.1. The third-order valence-corrected chi connectivity index (χ3v) is 2.31. The van der Waals surface area contributed by atoms with Crippen molar-refractivity contribution in [3.05, 3.63) is 0 Å². The lowest BCUT2D eigenvalue weighted by Gasteiger charge is -2.33. The summed E-state index contributed by atoms with van der Waals surface area (Å²) in [6.45, 7) is 6.80. The van der Waals surface area contributed by atoms with Gasteiger partial charge in [-0.15, -0.1) is 12.4 Å². The number of piperazine rings is 1. The molecular formula is C11H21ClN2O4. The van der Waals surface area contributed by atoms with Crippen LogP contribution in [0, 0.1) is 0 Å². The number of rotatable bonds is 1. The van der Waals surface area contributed by atoms with Crippen molar-refractivity contribution in [1.29, 1.82) is 0 Å². The lowest BCUT2D eigenvalue weighted by atomic mass is 10.2. The number of nitrogens with zero attached hydrogens (tertiary/aromatic N) is 1. The predicted octanol–water partition coefficient (Wildman–Crippen LogP) is 0.790. The number of nitrogens with one attached hydrogen (secondary N) is 1. The maximum absolute atomic E-state index is 11.8. The van der Waals surface area contributed by atoms with Gasteiger partial charge < -0.3 is 19.7 Å². The molecule has 0 bridgehead atoms. The van der Waals surface area contributed by atoms with Gasteiger partial charge in [-0.2, -0.15) is 0 Å². The van der Waals surface area contributed by atoms with Crippen LogP contribution in [0.15, 0.2) is 0 Å². The van der Waals surface area contributed by atoms with E-state index < -0.39 is 17.7 Å². The molecule has 1 saturated heterocycles. The normalized spacial score (nSPS) is 19.8. The molecule has 0 unspecified atom stereocenters. The molecule has 1 heterocycles. The van der Waals surface area contributed by atoms with Crippen LogP contribution < -0.4 is 5.32 Å². The zero-order valence-electron chi connectivity index (χ0n) is 11.2. The van der Waals surface area contributed by atoms with Crippen LogP contribution in [-0.2, 0) is 14.3 Å². The monoisotopic (exact) mass is 280 g/mol. The number of methoxy groups -OCH3 is 1. The summed E-state index contributed by atoms with van der Waals surface area (Å²) in [5.41, 5.74) is -0.525. The summed E-state index contributed by atoms with van der Waals surface area (Å²) < 4.78 is 9.88. The molecule has 1 fully saturated rings. The first-order valence-corrected chi connectivity index (χ1v) is 5.62.